The molecule has 0 aliphatic carbocycles. The molecule has 0 fully saturated rings. The summed E-state index contributed by atoms with van der Waals surface area (Å²) < 4.78 is 8.20. The van der Waals surface area contributed by atoms with E-state index in [4.69, 9.17) is 27.9 Å². The molecular weight excluding hydrogens is 375 g/mol. The van der Waals surface area contributed by atoms with Crippen LogP contribution in [0.25, 0.3) is 5.69 Å². The number of aryl methyl sites for hydroxylation is 1. The smallest absolute Gasteiger partial charge is 0.368 e. The summed E-state index contributed by atoms with van der Waals surface area (Å²) in [6.45, 7) is 1.86. The van der Waals surface area contributed by atoms with Gasteiger partial charge in [0.2, 0.25) is 0 Å². The first-order valence-electron chi connectivity index (χ1n) is 7.63. The first-order chi connectivity index (χ1) is 12.5. The second-order valence-corrected chi connectivity index (χ2v) is 6.18. The van der Waals surface area contributed by atoms with E-state index in [-0.39, 0.29) is 12.3 Å². The van der Waals surface area contributed by atoms with Crippen LogP contribution in [0, 0.1) is 11.8 Å². The van der Waals surface area contributed by atoms with Gasteiger partial charge in [0.15, 0.2) is 0 Å². The van der Waals surface area contributed by atoms with Gasteiger partial charge in [0.1, 0.15) is 12.4 Å². The number of nitrogens with zero attached hydrogens (tertiary/aromatic N) is 4. The highest BCUT2D eigenvalue weighted by Crippen LogP contribution is 2.29. The number of hydrogen-bond donors (Lipinski definition) is 0. The molecule has 2 aromatic carbocycles. The van der Waals surface area contributed by atoms with E-state index in [1.807, 2.05) is 6.07 Å². The van der Waals surface area contributed by atoms with Gasteiger partial charge >= 0.3 is 5.69 Å². The zero-order valence-electron chi connectivity index (χ0n) is 14.0. The molecule has 0 saturated heterocycles. The third-order valence-electron chi connectivity index (χ3n) is 3.63. The lowest BCUT2D eigenvalue weighted by molar-refractivity contribution is 0.305. The standard InChI is InChI=1S/C18H14Cl2N4O2/c1-3-5-12-6-4-7-16(24-18(25)23(2)21-22-24)14(12)11-26-17-10-13(19)8-9-15(17)20/h4,6-10H,11H2,1-2H3. The van der Waals surface area contributed by atoms with Crippen molar-refractivity contribution >= 4 is 23.2 Å². The molecule has 0 amide bonds. The summed E-state index contributed by atoms with van der Waals surface area (Å²) in [5, 5.41) is 8.60. The summed E-state index contributed by atoms with van der Waals surface area (Å²) >= 11 is 12.2. The Kier molecular flexibility index (Phi) is 5.31. The Morgan fingerprint density at radius 3 is 2.69 bits per heavy atom. The van der Waals surface area contributed by atoms with Gasteiger partial charge < -0.3 is 4.74 Å². The number of ether oxygens (including phenoxy) is 1. The van der Waals surface area contributed by atoms with Crippen molar-refractivity contribution in [2.24, 2.45) is 7.05 Å². The van der Waals surface area contributed by atoms with Crippen molar-refractivity contribution in [3.05, 3.63) is 68.1 Å². The van der Waals surface area contributed by atoms with E-state index in [9.17, 15) is 4.79 Å². The van der Waals surface area contributed by atoms with E-state index in [0.717, 1.165) is 10.2 Å². The molecule has 8 heteroatoms. The fourth-order valence-corrected chi connectivity index (χ4v) is 2.71. The van der Waals surface area contributed by atoms with Crippen LogP contribution in [0.15, 0.2) is 41.2 Å². The number of aromatic nitrogens is 4. The largest absolute Gasteiger partial charge is 0.487 e. The number of tetrazole rings is 1. The Labute approximate surface area is 159 Å². The topological polar surface area (TPSA) is 61.9 Å². The van der Waals surface area contributed by atoms with E-state index in [1.54, 1.807) is 37.3 Å². The number of rotatable bonds is 4. The number of halogens is 2. The van der Waals surface area contributed by atoms with Crippen molar-refractivity contribution < 1.29 is 4.74 Å². The quantitative estimate of drug-likeness (QED) is 0.643. The Bertz CT molecular complexity index is 1080. The summed E-state index contributed by atoms with van der Waals surface area (Å²) in [5.74, 6) is 6.32. The zero-order chi connectivity index (χ0) is 18.7. The van der Waals surface area contributed by atoms with Crippen molar-refractivity contribution in [3.63, 3.8) is 0 Å². The Hall–Kier alpha value is -2.75. The normalized spacial score (nSPS) is 10.3. The molecule has 0 N–H and O–H groups in total. The van der Waals surface area contributed by atoms with E-state index in [0.29, 0.717) is 27.0 Å². The molecule has 0 radical (unpaired) electrons. The van der Waals surface area contributed by atoms with Crippen LogP contribution in [-0.4, -0.2) is 19.8 Å². The summed E-state index contributed by atoms with van der Waals surface area (Å²) in [4.78, 5) is 12.2. The highest BCUT2D eigenvalue weighted by Gasteiger charge is 2.15. The first kappa shape index (κ1) is 18.1. The van der Waals surface area contributed by atoms with E-state index < -0.39 is 0 Å². The van der Waals surface area contributed by atoms with Gasteiger partial charge in [-0.15, -0.1) is 5.92 Å². The van der Waals surface area contributed by atoms with Crippen LogP contribution in [0.2, 0.25) is 10.0 Å². The Morgan fingerprint density at radius 1 is 1.19 bits per heavy atom. The van der Waals surface area contributed by atoms with Gasteiger partial charge in [-0.05, 0) is 41.6 Å². The molecule has 0 saturated carbocycles. The fraction of sp³-hybridized carbons (Fsp3) is 0.167. The maximum atomic E-state index is 12.2. The molecule has 0 aliphatic heterocycles. The van der Waals surface area contributed by atoms with Crippen molar-refractivity contribution in [2.75, 3.05) is 0 Å². The molecule has 0 spiro atoms. The molecule has 26 heavy (non-hydrogen) atoms. The lowest BCUT2D eigenvalue weighted by Gasteiger charge is -2.13. The van der Waals surface area contributed by atoms with Gasteiger partial charge in [-0.3, -0.25) is 0 Å². The molecular formula is C18H14Cl2N4O2. The molecule has 132 valence electrons. The predicted octanol–water partition coefficient (Wildman–Crippen LogP) is 3.22. The van der Waals surface area contributed by atoms with E-state index in [2.05, 4.69) is 22.3 Å². The predicted molar refractivity (Wildman–Crippen MR) is 99.9 cm³/mol. The molecule has 3 rings (SSSR count). The molecule has 6 nitrogen and oxygen atoms in total. The first-order valence-corrected chi connectivity index (χ1v) is 8.38. The lowest BCUT2D eigenvalue weighted by atomic mass is 10.1. The Balaban J connectivity index is 2.06. The summed E-state index contributed by atoms with van der Waals surface area (Å²) in [6.07, 6.45) is 0. The summed E-state index contributed by atoms with van der Waals surface area (Å²) in [6, 6.07) is 10.4. The lowest BCUT2D eigenvalue weighted by Crippen LogP contribution is -2.23. The SMILES string of the molecule is CC#Cc1cccc(-n2nnn(C)c2=O)c1COc1cc(Cl)ccc1Cl. The van der Waals surface area contributed by atoms with Gasteiger partial charge in [-0.2, -0.15) is 9.36 Å². The van der Waals surface area contributed by atoms with E-state index >= 15 is 0 Å². The minimum atomic E-state index is -0.367. The second-order valence-electron chi connectivity index (χ2n) is 5.34. The van der Waals surface area contributed by atoms with Crippen molar-refractivity contribution in [2.45, 2.75) is 13.5 Å². The minimum absolute atomic E-state index is 0.128. The fourth-order valence-electron chi connectivity index (χ4n) is 2.38. The highest BCUT2D eigenvalue weighted by atomic mass is 35.5. The average Bonchev–Trinajstić information content (AvgIpc) is 2.95. The molecule has 1 aromatic heterocycles. The Morgan fingerprint density at radius 2 is 2.00 bits per heavy atom. The van der Waals surface area contributed by atoms with Crippen LogP contribution in [0.4, 0.5) is 0 Å². The third kappa shape index (κ3) is 3.59. The van der Waals surface area contributed by atoms with Gasteiger partial charge in [-0.25, -0.2) is 4.79 Å². The van der Waals surface area contributed by atoms with Crippen LogP contribution in [0.3, 0.4) is 0 Å². The molecule has 1 heterocycles. The highest BCUT2D eigenvalue weighted by molar-refractivity contribution is 6.34. The average molecular weight is 389 g/mol. The molecule has 0 bridgehead atoms. The second kappa shape index (κ2) is 7.65. The van der Waals surface area contributed by atoms with Crippen LogP contribution >= 0.6 is 23.2 Å². The number of hydrogen-bond acceptors (Lipinski definition) is 4. The van der Waals surface area contributed by atoms with Crippen LogP contribution < -0.4 is 10.4 Å². The molecule has 0 atom stereocenters. The number of benzene rings is 2. The van der Waals surface area contributed by atoms with Crippen molar-refractivity contribution in [1.29, 1.82) is 0 Å². The zero-order valence-corrected chi connectivity index (χ0v) is 15.5. The minimum Gasteiger partial charge on any atom is -0.487 e. The molecule has 0 unspecified atom stereocenters. The van der Waals surface area contributed by atoms with Gasteiger partial charge in [0.25, 0.3) is 0 Å². The monoisotopic (exact) mass is 388 g/mol. The summed E-state index contributed by atoms with van der Waals surface area (Å²) in [7, 11) is 1.53. The van der Waals surface area contributed by atoms with Gasteiger partial charge in [-0.1, -0.05) is 35.2 Å². The van der Waals surface area contributed by atoms with Crippen LogP contribution in [-0.2, 0) is 13.7 Å². The molecule has 3 aromatic rings. The summed E-state index contributed by atoms with van der Waals surface area (Å²) in [5.41, 5.74) is 1.59. The van der Waals surface area contributed by atoms with Crippen LogP contribution in [0.5, 0.6) is 5.75 Å². The van der Waals surface area contributed by atoms with Crippen molar-refractivity contribution in [1.82, 2.24) is 19.8 Å². The van der Waals surface area contributed by atoms with Crippen molar-refractivity contribution in [3.8, 4) is 23.3 Å². The van der Waals surface area contributed by atoms with Gasteiger partial charge in [0, 0.05) is 29.3 Å². The third-order valence-corrected chi connectivity index (χ3v) is 4.17. The molecule has 0 aliphatic rings. The maximum absolute atomic E-state index is 12.2. The van der Waals surface area contributed by atoms with Crippen LogP contribution in [0.1, 0.15) is 18.1 Å². The maximum Gasteiger partial charge on any atom is 0.368 e. The van der Waals surface area contributed by atoms with Gasteiger partial charge in [0.05, 0.1) is 10.7 Å². The van der Waals surface area contributed by atoms with E-state index in [1.165, 1.54) is 11.7 Å².